The summed E-state index contributed by atoms with van der Waals surface area (Å²) in [6.45, 7) is 4.44. The molecule has 2 atom stereocenters. The van der Waals surface area contributed by atoms with Crippen molar-refractivity contribution in [1.29, 1.82) is 0 Å². The maximum Gasteiger partial charge on any atom is 0.490 e. The van der Waals surface area contributed by atoms with Crippen molar-refractivity contribution in [2.45, 2.75) is 58.0 Å². The normalized spacial score (nSPS) is 14.9. The number of aliphatic carboxylic acids is 1. The molecule has 0 saturated heterocycles. The van der Waals surface area contributed by atoms with Gasteiger partial charge in [-0.1, -0.05) is 30.3 Å². The molecule has 40 heavy (non-hydrogen) atoms. The number of carbonyl (C=O) groups is 2. The summed E-state index contributed by atoms with van der Waals surface area (Å²) in [5.74, 6) is -3.14. The number of hydrogen-bond donors (Lipinski definition) is 4. The Hall–Kier alpha value is -4.26. The van der Waals surface area contributed by atoms with Gasteiger partial charge in [0, 0.05) is 25.0 Å². The van der Waals surface area contributed by atoms with E-state index in [1.165, 1.54) is 16.7 Å². The molecule has 214 valence electrons. The fourth-order valence-corrected chi connectivity index (χ4v) is 4.25. The van der Waals surface area contributed by atoms with Crippen LogP contribution >= 0.6 is 0 Å². The van der Waals surface area contributed by atoms with Crippen LogP contribution in [0, 0.1) is 12.7 Å². The molecule has 2 heterocycles. The van der Waals surface area contributed by atoms with E-state index in [9.17, 15) is 27.2 Å². The molecule has 0 saturated carbocycles. The highest BCUT2D eigenvalue weighted by Gasteiger charge is 2.38. The number of aryl methyl sites for hydroxylation is 2. The topological polar surface area (TPSA) is 139 Å². The van der Waals surface area contributed by atoms with Crippen LogP contribution in [0.4, 0.5) is 23.4 Å². The predicted octanol–water partition coefficient (Wildman–Crippen LogP) is 3.76. The summed E-state index contributed by atoms with van der Waals surface area (Å²) in [6, 6.07) is 11.7. The number of amides is 1. The summed E-state index contributed by atoms with van der Waals surface area (Å²) >= 11 is 0. The lowest BCUT2D eigenvalue weighted by molar-refractivity contribution is -0.192. The summed E-state index contributed by atoms with van der Waals surface area (Å²) in [5.41, 5.74) is 9.53. The first kappa shape index (κ1) is 30.3. The number of carboxylic acids is 1. The van der Waals surface area contributed by atoms with E-state index in [1.807, 2.05) is 44.2 Å². The second kappa shape index (κ2) is 12.7. The molecule has 5 N–H and O–H groups in total. The monoisotopic (exact) mass is 563 g/mol. The first-order valence-electron chi connectivity index (χ1n) is 12.3. The van der Waals surface area contributed by atoms with Gasteiger partial charge < -0.3 is 21.5 Å². The fraction of sp³-hybridized carbons (Fsp3) is 0.333. The number of fused-ring (bicyclic) bond motifs is 1. The van der Waals surface area contributed by atoms with Gasteiger partial charge in [-0.25, -0.2) is 14.2 Å². The van der Waals surface area contributed by atoms with E-state index in [-0.39, 0.29) is 35.7 Å². The number of anilines is 1. The van der Waals surface area contributed by atoms with Gasteiger partial charge in [0.1, 0.15) is 11.9 Å². The van der Waals surface area contributed by atoms with Gasteiger partial charge in [-0.2, -0.15) is 13.2 Å². The van der Waals surface area contributed by atoms with Gasteiger partial charge in [-0.15, -0.1) is 0 Å². The van der Waals surface area contributed by atoms with E-state index >= 15 is 0 Å². The largest absolute Gasteiger partial charge is 0.490 e. The number of carboxylic acid groups (broad SMARTS) is 1. The number of nitrogens with one attached hydrogen (secondary N) is 2. The van der Waals surface area contributed by atoms with Crippen molar-refractivity contribution >= 4 is 17.7 Å². The number of alkyl halides is 3. The second-order valence-electron chi connectivity index (χ2n) is 9.30. The highest BCUT2D eigenvalue weighted by atomic mass is 19.4. The highest BCUT2D eigenvalue weighted by Crippen LogP contribution is 2.25. The molecule has 1 amide bonds. The molecule has 1 aliphatic heterocycles. The van der Waals surface area contributed by atoms with Gasteiger partial charge in [0.2, 0.25) is 5.91 Å². The average molecular weight is 564 g/mol. The minimum atomic E-state index is -5.08. The number of carbonyl (C=O) groups excluding carboxylic acids is 1. The molecule has 4 rings (SSSR count). The molecule has 0 radical (unpaired) electrons. The van der Waals surface area contributed by atoms with Gasteiger partial charge in [0.25, 0.3) is 5.56 Å². The van der Waals surface area contributed by atoms with Gasteiger partial charge in [-0.3, -0.25) is 14.2 Å². The summed E-state index contributed by atoms with van der Waals surface area (Å²) in [4.78, 5) is 39.3. The molecule has 1 aliphatic rings. The molecule has 0 fully saturated rings. The lowest BCUT2D eigenvalue weighted by Crippen LogP contribution is -2.37. The van der Waals surface area contributed by atoms with E-state index in [0.29, 0.717) is 24.9 Å². The lowest BCUT2D eigenvalue weighted by atomic mass is 10.1. The fourth-order valence-electron chi connectivity index (χ4n) is 4.25. The number of aromatic nitrogens is 2. The summed E-state index contributed by atoms with van der Waals surface area (Å²) in [7, 11) is 0. The Bertz CT molecular complexity index is 1400. The van der Waals surface area contributed by atoms with E-state index in [4.69, 9.17) is 15.6 Å². The molecule has 2 aromatic carbocycles. The van der Waals surface area contributed by atoms with Gasteiger partial charge in [-0.05, 0) is 61.1 Å². The Labute approximate surface area is 227 Å². The zero-order valence-electron chi connectivity index (χ0n) is 21.8. The minimum Gasteiger partial charge on any atom is -0.475 e. The first-order chi connectivity index (χ1) is 18.8. The maximum atomic E-state index is 13.7. The van der Waals surface area contributed by atoms with Gasteiger partial charge in [0.05, 0.1) is 6.04 Å². The van der Waals surface area contributed by atoms with Crippen LogP contribution in [-0.4, -0.2) is 32.7 Å². The minimum absolute atomic E-state index is 0.144. The molecule has 9 nitrogen and oxygen atoms in total. The lowest BCUT2D eigenvalue weighted by Gasteiger charge is -2.20. The summed E-state index contributed by atoms with van der Waals surface area (Å²) in [5, 5.41) is 13.1. The Balaban J connectivity index is 0.000000559. The molecule has 0 aliphatic carbocycles. The third kappa shape index (κ3) is 7.65. The van der Waals surface area contributed by atoms with E-state index in [0.717, 1.165) is 22.4 Å². The number of nitrogens with zero attached hydrogens (tertiary/aromatic N) is 2. The van der Waals surface area contributed by atoms with Crippen LogP contribution in [0.15, 0.2) is 53.5 Å². The first-order valence-corrected chi connectivity index (χ1v) is 12.3. The zero-order valence-corrected chi connectivity index (χ0v) is 21.8. The van der Waals surface area contributed by atoms with E-state index < -0.39 is 18.2 Å². The maximum absolute atomic E-state index is 13.7. The molecular weight excluding hydrogens is 534 g/mol. The van der Waals surface area contributed by atoms with Crippen LogP contribution in [0.3, 0.4) is 0 Å². The van der Waals surface area contributed by atoms with Crippen LogP contribution in [-0.2, 0) is 29.1 Å². The standard InChI is InChI=1S/C25H28FN5O2.C2HF3O2/c1-15-9-18(11-20(26)10-15)13-28-23-25(33)31-21(14-29-23)7-8-22(31)24(32)30-16(2)19-5-3-17(12-27)4-6-19;3-2(4,5)1(6)7/h3-6,9-11,14,16,22H,7-8,12-13,27H2,1-2H3,(H,28,29)(H,30,32);(H,6,7)/t16-,22+;/m1./s1. The van der Waals surface area contributed by atoms with Crippen LogP contribution in [0.2, 0.25) is 0 Å². The molecule has 1 aromatic heterocycles. The smallest absolute Gasteiger partial charge is 0.475 e. The molecule has 0 bridgehead atoms. The van der Waals surface area contributed by atoms with Crippen molar-refractivity contribution in [3.63, 3.8) is 0 Å². The second-order valence-corrected chi connectivity index (χ2v) is 9.30. The Morgan fingerprint density at radius 3 is 2.40 bits per heavy atom. The number of benzene rings is 2. The van der Waals surface area contributed by atoms with Crippen LogP contribution in [0.1, 0.15) is 53.4 Å². The van der Waals surface area contributed by atoms with E-state index in [1.54, 1.807) is 6.20 Å². The quantitative estimate of drug-likeness (QED) is 0.321. The van der Waals surface area contributed by atoms with Crippen molar-refractivity contribution in [3.05, 3.63) is 92.8 Å². The highest BCUT2D eigenvalue weighted by molar-refractivity contribution is 5.81. The Kier molecular flexibility index (Phi) is 9.64. The molecule has 3 aromatic rings. The third-order valence-corrected chi connectivity index (χ3v) is 6.24. The summed E-state index contributed by atoms with van der Waals surface area (Å²) in [6.07, 6.45) is -2.32. The van der Waals surface area contributed by atoms with Gasteiger partial charge in [0.15, 0.2) is 5.82 Å². The van der Waals surface area contributed by atoms with Crippen LogP contribution < -0.4 is 21.9 Å². The van der Waals surface area contributed by atoms with Crippen molar-refractivity contribution in [3.8, 4) is 0 Å². The summed E-state index contributed by atoms with van der Waals surface area (Å²) < 4.78 is 46.9. The third-order valence-electron chi connectivity index (χ3n) is 6.24. The van der Waals surface area contributed by atoms with Crippen molar-refractivity contribution in [2.24, 2.45) is 5.73 Å². The predicted molar refractivity (Wildman–Crippen MR) is 139 cm³/mol. The number of rotatable bonds is 7. The Morgan fingerprint density at radius 2 is 1.82 bits per heavy atom. The molecule has 0 unspecified atom stereocenters. The van der Waals surface area contributed by atoms with Crippen LogP contribution in [0.25, 0.3) is 0 Å². The van der Waals surface area contributed by atoms with Crippen molar-refractivity contribution < 1.29 is 32.3 Å². The van der Waals surface area contributed by atoms with Crippen molar-refractivity contribution in [1.82, 2.24) is 14.9 Å². The van der Waals surface area contributed by atoms with Crippen molar-refractivity contribution in [2.75, 3.05) is 5.32 Å². The van der Waals surface area contributed by atoms with Gasteiger partial charge >= 0.3 is 12.1 Å². The zero-order chi connectivity index (χ0) is 29.6. The molecule has 0 spiro atoms. The number of hydrogen-bond acceptors (Lipinski definition) is 6. The van der Waals surface area contributed by atoms with Crippen LogP contribution in [0.5, 0.6) is 0 Å². The number of nitrogens with two attached hydrogens (primary N) is 1. The Morgan fingerprint density at radius 1 is 1.18 bits per heavy atom. The number of halogens is 4. The molecule has 13 heteroatoms. The average Bonchev–Trinajstić information content (AvgIpc) is 3.33. The molecular formula is C27H29F4N5O4. The SMILES string of the molecule is Cc1cc(F)cc(CNc2ncc3n(c2=O)[C@H](C(=O)N[C@H](C)c2ccc(CN)cc2)CC3)c1.O=C(O)C(F)(F)F. The van der Waals surface area contributed by atoms with E-state index in [2.05, 4.69) is 15.6 Å².